The molecule has 7 heteroatoms. The normalized spacial score (nSPS) is 11.1. The van der Waals surface area contributed by atoms with E-state index in [4.69, 9.17) is 18.4 Å². The molecular weight excluding hydrogens is 312 g/mol. The van der Waals surface area contributed by atoms with Gasteiger partial charge in [0.25, 0.3) is 5.89 Å². The first-order valence-corrected chi connectivity index (χ1v) is 7.62. The second-order valence-electron chi connectivity index (χ2n) is 5.34. The summed E-state index contributed by atoms with van der Waals surface area (Å²) in [6.45, 7) is 4.26. The zero-order valence-corrected chi connectivity index (χ0v) is 13.8. The van der Waals surface area contributed by atoms with Gasteiger partial charge in [-0.3, -0.25) is 0 Å². The van der Waals surface area contributed by atoms with E-state index in [1.807, 2.05) is 26.0 Å². The molecule has 2 aromatic heterocycles. The van der Waals surface area contributed by atoms with Gasteiger partial charge in [-0.2, -0.15) is 4.98 Å². The Hall–Kier alpha value is -2.67. The molecule has 0 unspecified atom stereocenters. The van der Waals surface area contributed by atoms with Crippen LogP contribution in [0.25, 0.3) is 11.0 Å². The minimum atomic E-state index is -0.360. The Morgan fingerprint density at radius 3 is 2.83 bits per heavy atom. The van der Waals surface area contributed by atoms with Gasteiger partial charge in [-0.1, -0.05) is 12.1 Å². The fraction of sp³-hybridized carbons (Fsp3) is 0.353. The number of benzene rings is 1. The Morgan fingerprint density at radius 1 is 1.25 bits per heavy atom. The van der Waals surface area contributed by atoms with Gasteiger partial charge < -0.3 is 18.4 Å². The molecule has 0 spiro atoms. The SMILES string of the molecule is CCc1cc(=O)oc2c(C)c(OCc3nc(COC)no3)ccc12. The van der Waals surface area contributed by atoms with Gasteiger partial charge in [0.15, 0.2) is 12.4 Å². The van der Waals surface area contributed by atoms with Gasteiger partial charge in [0, 0.05) is 24.1 Å². The van der Waals surface area contributed by atoms with Crippen molar-refractivity contribution in [2.24, 2.45) is 0 Å². The highest BCUT2D eigenvalue weighted by molar-refractivity contribution is 5.84. The van der Waals surface area contributed by atoms with E-state index in [2.05, 4.69) is 10.1 Å². The van der Waals surface area contributed by atoms with Crippen molar-refractivity contribution in [3.05, 3.63) is 51.5 Å². The van der Waals surface area contributed by atoms with Crippen molar-refractivity contribution in [1.29, 1.82) is 0 Å². The molecule has 0 atom stereocenters. The minimum absolute atomic E-state index is 0.126. The zero-order chi connectivity index (χ0) is 17.1. The van der Waals surface area contributed by atoms with Crippen LogP contribution in [-0.4, -0.2) is 17.3 Å². The van der Waals surface area contributed by atoms with Crippen molar-refractivity contribution in [1.82, 2.24) is 10.1 Å². The highest BCUT2D eigenvalue weighted by Gasteiger charge is 2.13. The number of hydrogen-bond acceptors (Lipinski definition) is 7. The molecule has 0 fully saturated rings. The lowest BCUT2D eigenvalue weighted by atomic mass is 10.0. The fourth-order valence-electron chi connectivity index (χ4n) is 2.53. The molecular formula is C17H18N2O5. The van der Waals surface area contributed by atoms with E-state index < -0.39 is 0 Å². The second kappa shape index (κ2) is 6.84. The second-order valence-corrected chi connectivity index (χ2v) is 5.34. The van der Waals surface area contributed by atoms with Crippen LogP contribution in [0.5, 0.6) is 5.75 Å². The van der Waals surface area contributed by atoms with E-state index in [-0.39, 0.29) is 18.8 Å². The van der Waals surface area contributed by atoms with E-state index >= 15 is 0 Å². The van der Waals surface area contributed by atoms with Crippen LogP contribution in [0.4, 0.5) is 0 Å². The predicted molar refractivity (Wildman–Crippen MR) is 85.9 cm³/mol. The van der Waals surface area contributed by atoms with Crippen LogP contribution in [0.1, 0.15) is 29.8 Å². The molecule has 0 bridgehead atoms. The summed E-state index contributed by atoms with van der Waals surface area (Å²) < 4.78 is 21.1. The van der Waals surface area contributed by atoms with Gasteiger partial charge in [-0.25, -0.2) is 4.79 Å². The predicted octanol–water partition coefficient (Wildman–Crippen LogP) is 2.77. The van der Waals surface area contributed by atoms with Crippen LogP contribution in [0.15, 0.2) is 31.9 Å². The van der Waals surface area contributed by atoms with Gasteiger partial charge in [-0.15, -0.1) is 0 Å². The van der Waals surface area contributed by atoms with E-state index in [0.29, 0.717) is 23.0 Å². The van der Waals surface area contributed by atoms with Gasteiger partial charge in [0.1, 0.15) is 17.9 Å². The summed E-state index contributed by atoms with van der Waals surface area (Å²) >= 11 is 0. The number of fused-ring (bicyclic) bond motifs is 1. The number of rotatable bonds is 6. The third-order valence-corrected chi connectivity index (χ3v) is 3.71. The van der Waals surface area contributed by atoms with Gasteiger partial charge in [0.05, 0.1) is 0 Å². The van der Waals surface area contributed by atoms with Gasteiger partial charge in [0.2, 0.25) is 0 Å². The minimum Gasteiger partial charge on any atom is -0.483 e. The van der Waals surface area contributed by atoms with E-state index in [0.717, 1.165) is 22.9 Å². The maximum absolute atomic E-state index is 11.7. The number of aromatic nitrogens is 2. The Morgan fingerprint density at radius 2 is 2.08 bits per heavy atom. The Labute approximate surface area is 138 Å². The standard InChI is InChI=1S/C17H18N2O5/c1-4-11-7-16(20)23-17-10(2)13(6-5-12(11)17)22-9-15-18-14(8-21-3)19-24-15/h5-7H,4,8-9H2,1-3H3. The van der Waals surface area contributed by atoms with Gasteiger partial charge >= 0.3 is 5.63 Å². The Bertz CT molecular complexity index is 913. The van der Waals surface area contributed by atoms with Crippen molar-refractivity contribution in [2.45, 2.75) is 33.5 Å². The largest absolute Gasteiger partial charge is 0.483 e. The van der Waals surface area contributed by atoms with E-state index in [1.165, 1.54) is 6.07 Å². The lowest BCUT2D eigenvalue weighted by Crippen LogP contribution is -2.03. The molecule has 126 valence electrons. The maximum atomic E-state index is 11.7. The third kappa shape index (κ3) is 3.16. The quantitative estimate of drug-likeness (QED) is 0.642. The number of aryl methyl sites for hydroxylation is 2. The molecule has 24 heavy (non-hydrogen) atoms. The zero-order valence-electron chi connectivity index (χ0n) is 13.8. The first kappa shape index (κ1) is 16.2. The molecule has 0 radical (unpaired) electrons. The Balaban J connectivity index is 1.87. The summed E-state index contributed by atoms with van der Waals surface area (Å²) in [6, 6.07) is 5.27. The summed E-state index contributed by atoms with van der Waals surface area (Å²) in [6.07, 6.45) is 0.756. The molecule has 2 heterocycles. The first-order chi connectivity index (χ1) is 11.6. The molecule has 0 saturated heterocycles. The summed E-state index contributed by atoms with van der Waals surface area (Å²) in [4.78, 5) is 15.9. The Kier molecular flexibility index (Phi) is 4.61. The topological polar surface area (TPSA) is 87.6 Å². The smallest absolute Gasteiger partial charge is 0.336 e. The number of methoxy groups -OCH3 is 1. The number of ether oxygens (including phenoxy) is 2. The van der Waals surface area contributed by atoms with Crippen molar-refractivity contribution in [3.8, 4) is 5.75 Å². The summed E-state index contributed by atoms with van der Waals surface area (Å²) in [5.74, 6) is 1.42. The van der Waals surface area contributed by atoms with Crippen molar-refractivity contribution < 1.29 is 18.4 Å². The van der Waals surface area contributed by atoms with Crippen molar-refractivity contribution in [3.63, 3.8) is 0 Å². The molecule has 0 aliphatic rings. The molecule has 7 nitrogen and oxygen atoms in total. The van der Waals surface area contributed by atoms with E-state index in [9.17, 15) is 4.79 Å². The molecule has 0 aliphatic heterocycles. The van der Waals surface area contributed by atoms with Crippen molar-refractivity contribution >= 4 is 11.0 Å². The lowest BCUT2D eigenvalue weighted by molar-refractivity contribution is 0.174. The number of nitrogens with zero attached hydrogens (tertiary/aromatic N) is 2. The highest BCUT2D eigenvalue weighted by Crippen LogP contribution is 2.29. The maximum Gasteiger partial charge on any atom is 0.336 e. The average molecular weight is 330 g/mol. The van der Waals surface area contributed by atoms with Crippen LogP contribution in [0.3, 0.4) is 0 Å². The molecule has 0 N–H and O–H groups in total. The molecule has 1 aromatic carbocycles. The first-order valence-electron chi connectivity index (χ1n) is 7.62. The summed E-state index contributed by atoms with van der Waals surface area (Å²) in [7, 11) is 1.56. The van der Waals surface area contributed by atoms with Crippen LogP contribution in [0.2, 0.25) is 0 Å². The lowest BCUT2D eigenvalue weighted by Gasteiger charge is -2.10. The van der Waals surface area contributed by atoms with Crippen molar-refractivity contribution in [2.75, 3.05) is 7.11 Å². The molecule has 3 aromatic rings. The molecule has 0 aliphatic carbocycles. The van der Waals surface area contributed by atoms with E-state index in [1.54, 1.807) is 7.11 Å². The molecule has 3 rings (SSSR count). The van der Waals surface area contributed by atoms with Crippen LogP contribution < -0.4 is 10.4 Å². The summed E-state index contributed by atoms with van der Waals surface area (Å²) in [5.41, 5.74) is 1.90. The average Bonchev–Trinajstić information content (AvgIpc) is 3.02. The summed E-state index contributed by atoms with van der Waals surface area (Å²) in [5, 5.41) is 4.69. The monoisotopic (exact) mass is 330 g/mol. The van der Waals surface area contributed by atoms with Crippen LogP contribution in [-0.2, 0) is 24.4 Å². The van der Waals surface area contributed by atoms with Crippen LogP contribution in [0, 0.1) is 6.92 Å². The van der Waals surface area contributed by atoms with Gasteiger partial charge in [-0.05, 0) is 31.0 Å². The molecule has 0 amide bonds. The third-order valence-electron chi connectivity index (χ3n) is 3.71. The van der Waals surface area contributed by atoms with Crippen LogP contribution >= 0.6 is 0 Å². The fourth-order valence-corrected chi connectivity index (χ4v) is 2.53. The number of hydrogen-bond donors (Lipinski definition) is 0. The highest BCUT2D eigenvalue weighted by atomic mass is 16.5. The molecule has 0 saturated carbocycles.